The van der Waals surface area contributed by atoms with E-state index in [1.165, 1.54) is 12.6 Å². The highest BCUT2D eigenvalue weighted by Crippen LogP contribution is 2.49. The second-order valence-corrected chi connectivity index (χ2v) is 11.1. The van der Waals surface area contributed by atoms with Gasteiger partial charge in [0, 0.05) is 50.1 Å². The van der Waals surface area contributed by atoms with Crippen LogP contribution in [0.15, 0.2) is 29.4 Å². The molecule has 2 saturated heterocycles. The maximum Gasteiger partial charge on any atom is 0.244 e. The average Bonchev–Trinajstić information content (AvgIpc) is 3.08. The van der Waals surface area contributed by atoms with E-state index < -0.39 is 10.0 Å². The molecule has 3 aliphatic rings. The first kappa shape index (κ1) is 19.2. The summed E-state index contributed by atoms with van der Waals surface area (Å²) in [7, 11) is -3.62. The van der Waals surface area contributed by atoms with Gasteiger partial charge in [-0.05, 0) is 30.4 Å². The molecule has 2 aliphatic heterocycles. The second kappa shape index (κ2) is 7.72. The molecule has 1 unspecified atom stereocenters. The molecule has 1 saturated carbocycles. The van der Waals surface area contributed by atoms with Crippen molar-refractivity contribution in [3.63, 3.8) is 0 Å². The van der Waals surface area contributed by atoms with Crippen LogP contribution in [0.4, 0.5) is 0 Å². The Balaban J connectivity index is 1.62. The van der Waals surface area contributed by atoms with Gasteiger partial charge >= 0.3 is 0 Å². The first-order valence-electron chi connectivity index (χ1n) is 9.80. The van der Waals surface area contributed by atoms with Crippen molar-refractivity contribution in [1.82, 2.24) is 14.2 Å². The van der Waals surface area contributed by atoms with Crippen molar-refractivity contribution < 1.29 is 13.2 Å². The van der Waals surface area contributed by atoms with Crippen LogP contribution in [0.1, 0.15) is 32.1 Å². The van der Waals surface area contributed by atoms with Gasteiger partial charge in [0.05, 0.1) is 5.92 Å². The lowest BCUT2D eigenvalue weighted by Crippen LogP contribution is -2.47. The summed E-state index contributed by atoms with van der Waals surface area (Å²) in [5.74, 6) is 1.90. The van der Waals surface area contributed by atoms with Crippen LogP contribution in [0.2, 0.25) is 0 Å². The van der Waals surface area contributed by atoms with E-state index in [1.807, 2.05) is 16.7 Å². The SMILES string of the molecule is O=C(C1CN(S(=O)(=O)c2cccnc2)CC12CCCCC2)N1CCSCC1. The fraction of sp³-hybridized carbons (Fsp3) is 0.684. The van der Waals surface area contributed by atoms with Crippen LogP contribution in [0.5, 0.6) is 0 Å². The van der Waals surface area contributed by atoms with Gasteiger partial charge < -0.3 is 4.90 Å². The Kier molecular flexibility index (Phi) is 5.49. The Bertz CT molecular complexity index is 773. The lowest BCUT2D eigenvalue weighted by Gasteiger charge is -2.40. The molecule has 1 atom stereocenters. The third kappa shape index (κ3) is 3.63. The Hall–Kier alpha value is -1.12. The number of carbonyl (C=O) groups is 1. The van der Waals surface area contributed by atoms with Crippen molar-refractivity contribution in [3.8, 4) is 0 Å². The van der Waals surface area contributed by atoms with Crippen LogP contribution < -0.4 is 0 Å². The molecule has 3 heterocycles. The Morgan fingerprint density at radius 2 is 1.93 bits per heavy atom. The highest BCUT2D eigenvalue weighted by Gasteiger charge is 2.54. The molecule has 8 heteroatoms. The maximum absolute atomic E-state index is 13.4. The fourth-order valence-corrected chi connectivity index (χ4v) is 7.28. The summed E-state index contributed by atoms with van der Waals surface area (Å²) < 4.78 is 27.9. The Morgan fingerprint density at radius 1 is 1.19 bits per heavy atom. The zero-order valence-electron chi connectivity index (χ0n) is 15.5. The number of hydrogen-bond donors (Lipinski definition) is 0. The number of carbonyl (C=O) groups excluding carboxylic acids is 1. The highest BCUT2D eigenvalue weighted by atomic mass is 32.2. The van der Waals surface area contributed by atoms with E-state index in [4.69, 9.17) is 0 Å². The van der Waals surface area contributed by atoms with E-state index in [0.29, 0.717) is 13.1 Å². The molecule has 6 nitrogen and oxygen atoms in total. The lowest BCUT2D eigenvalue weighted by molar-refractivity contribution is -0.138. The van der Waals surface area contributed by atoms with Gasteiger partial charge in [0.25, 0.3) is 0 Å². The molecule has 1 aromatic heterocycles. The molecule has 0 aromatic carbocycles. The minimum Gasteiger partial charge on any atom is -0.341 e. The van der Waals surface area contributed by atoms with Crippen LogP contribution in [0.25, 0.3) is 0 Å². The standard InChI is InChI=1S/C19H27N3O3S2/c23-18(21-9-11-26-12-10-21)17-14-22(15-19(17)6-2-1-3-7-19)27(24,25)16-5-4-8-20-13-16/h4-5,8,13,17H,1-3,6-7,9-12,14-15H2. The quantitative estimate of drug-likeness (QED) is 0.766. The zero-order chi connectivity index (χ0) is 18.9. The molecule has 148 valence electrons. The molecule has 1 spiro atoms. The highest BCUT2D eigenvalue weighted by molar-refractivity contribution is 7.99. The van der Waals surface area contributed by atoms with Gasteiger partial charge in [-0.2, -0.15) is 16.1 Å². The topological polar surface area (TPSA) is 70.6 Å². The van der Waals surface area contributed by atoms with E-state index in [0.717, 1.165) is 50.3 Å². The Morgan fingerprint density at radius 3 is 2.59 bits per heavy atom. The summed E-state index contributed by atoms with van der Waals surface area (Å²) in [6.45, 7) is 2.33. The lowest BCUT2D eigenvalue weighted by atomic mass is 9.67. The van der Waals surface area contributed by atoms with Gasteiger partial charge in [-0.3, -0.25) is 9.78 Å². The largest absolute Gasteiger partial charge is 0.341 e. The summed E-state index contributed by atoms with van der Waals surface area (Å²) in [6.07, 6.45) is 8.22. The number of amides is 1. The van der Waals surface area contributed by atoms with Crippen molar-refractivity contribution >= 4 is 27.7 Å². The second-order valence-electron chi connectivity index (χ2n) is 7.90. The number of sulfonamides is 1. The van der Waals surface area contributed by atoms with Crippen molar-refractivity contribution in [1.29, 1.82) is 0 Å². The normalized spacial score (nSPS) is 26.4. The summed E-state index contributed by atoms with van der Waals surface area (Å²) >= 11 is 1.88. The van der Waals surface area contributed by atoms with Gasteiger partial charge in [0.15, 0.2) is 0 Å². The van der Waals surface area contributed by atoms with Gasteiger partial charge in [-0.15, -0.1) is 0 Å². The van der Waals surface area contributed by atoms with Crippen LogP contribution in [0.3, 0.4) is 0 Å². The molecule has 0 radical (unpaired) electrons. The molecule has 0 N–H and O–H groups in total. The third-order valence-electron chi connectivity index (χ3n) is 6.36. The number of nitrogens with zero attached hydrogens (tertiary/aromatic N) is 3. The van der Waals surface area contributed by atoms with Crippen molar-refractivity contribution in [2.45, 2.75) is 37.0 Å². The third-order valence-corrected chi connectivity index (χ3v) is 9.10. The molecule has 27 heavy (non-hydrogen) atoms. The van der Waals surface area contributed by atoms with Crippen LogP contribution in [-0.4, -0.2) is 66.2 Å². The molecule has 4 rings (SSSR count). The van der Waals surface area contributed by atoms with Gasteiger partial charge in [0.1, 0.15) is 4.90 Å². The van der Waals surface area contributed by atoms with Crippen LogP contribution >= 0.6 is 11.8 Å². The summed E-state index contributed by atoms with van der Waals surface area (Å²) in [6, 6.07) is 3.24. The number of pyridine rings is 1. The van der Waals surface area contributed by atoms with Gasteiger partial charge in [-0.25, -0.2) is 8.42 Å². The number of thioether (sulfide) groups is 1. The predicted molar refractivity (Wildman–Crippen MR) is 106 cm³/mol. The molecule has 1 amide bonds. The molecular weight excluding hydrogens is 382 g/mol. The molecule has 3 fully saturated rings. The van der Waals surface area contributed by atoms with Crippen molar-refractivity contribution in [3.05, 3.63) is 24.5 Å². The van der Waals surface area contributed by atoms with Gasteiger partial charge in [0.2, 0.25) is 15.9 Å². The molecule has 1 aliphatic carbocycles. The summed E-state index contributed by atoms with van der Waals surface area (Å²) in [5.41, 5.74) is -0.199. The zero-order valence-corrected chi connectivity index (χ0v) is 17.2. The summed E-state index contributed by atoms with van der Waals surface area (Å²) in [5, 5.41) is 0. The van der Waals surface area contributed by atoms with E-state index in [2.05, 4.69) is 4.98 Å². The first-order valence-corrected chi connectivity index (χ1v) is 12.4. The minimum absolute atomic E-state index is 0.168. The number of hydrogen-bond acceptors (Lipinski definition) is 5. The van der Waals surface area contributed by atoms with Crippen molar-refractivity contribution in [2.24, 2.45) is 11.3 Å². The van der Waals surface area contributed by atoms with Crippen molar-refractivity contribution in [2.75, 3.05) is 37.7 Å². The van der Waals surface area contributed by atoms with E-state index in [9.17, 15) is 13.2 Å². The fourth-order valence-electron chi connectivity index (χ4n) is 4.86. The van der Waals surface area contributed by atoms with Crippen LogP contribution in [0, 0.1) is 11.3 Å². The monoisotopic (exact) mass is 409 g/mol. The molecular formula is C19H27N3O3S2. The average molecular weight is 410 g/mol. The molecule has 1 aromatic rings. The molecule has 0 bridgehead atoms. The smallest absolute Gasteiger partial charge is 0.244 e. The van der Waals surface area contributed by atoms with E-state index >= 15 is 0 Å². The predicted octanol–water partition coefficient (Wildman–Crippen LogP) is 2.23. The van der Waals surface area contributed by atoms with E-state index in [-0.39, 0.29) is 22.1 Å². The number of aromatic nitrogens is 1. The van der Waals surface area contributed by atoms with Crippen LogP contribution in [-0.2, 0) is 14.8 Å². The maximum atomic E-state index is 13.4. The van der Waals surface area contributed by atoms with E-state index in [1.54, 1.807) is 22.6 Å². The number of rotatable bonds is 3. The minimum atomic E-state index is -3.62. The summed E-state index contributed by atoms with van der Waals surface area (Å²) in [4.78, 5) is 19.5. The Labute approximate surface area is 165 Å². The van der Waals surface area contributed by atoms with Gasteiger partial charge in [-0.1, -0.05) is 19.3 Å². The first-order chi connectivity index (χ1) is 13.0.